The summed E-state index contributed by atoms with van der Waals surface area (Å²) in [7, 11) is 0. The summed E-state index contributed by atoms with van der Waals surface area (Å²) < 4.78 is 5.70. The fraction of sp³-hybridized carbons (Fsp3) is 0.375. The van der Waals surface area contributed by atoms with Gasteiger partial charge in [-0.2, -0.15) is 0 Å². The number of hydrogen-bond acceptors (Lipinski definition) is 4. The molecule has 0 saturated heterocycles. The zero-order valence-corrected chi connectivity index (χ0v) is 12.1. The summed E-state index contributed by atoms with van der Waals surface area (Å²) >= 11 is 0. The Balaban J connectivity index is 1.84. The Hall–Kier alpha value is -1.94. The third-order valence-corrected chi connectivity index (χ3v) is 2.87. The highest BCUT2D eigenvalue weighted by Gasteiger charge is 1.99. The van der Waals surface area contributed by atoms with Gasteiger partial charge in [-0.15, -0.1) is 0 Å². The first kappa shape index (κ1) is 14.5. The fourth-order valence-corrected chi connectivity index (χ4v) is 1.86. The number of aromatic nitrogens is 2. The van der Waals surface area contributed by atoms with Crippen LogP contribution in [0.2, 0.25) is 0 Å². The van der Waals surface area contributed by atoms with Gasteiger partial charge in [0, 0.05) is 24.5 Å². The maximum Gasteiger partial charge on any atom is 0.138 e. The Bertz CT molecular complexity index is 526. The molecule has 1 N–H and O–H groups in total. The number of hydrogen-bond donors (Lipinski definition) is 1. The smallest absolute Gasteiger partial charge is 0.138 e. The van der Waals surface area contributed by atoms with E-state index in [0.29, 0.717) is 6.61 Å². The molecule has 0 bridgehead atoms. The molecule has 0 aliphatic rings. The van der Waals surface area contributed by atoms with E-state index in [2.05, 4.69) is 28.3 Å². The third-order valence-electron chi connectivity index (χ3n) is 2.87. The third kappa shape index (κ3) is 4.63. The van der Waals surface area contributed by atoms with E-state index in [1.165, 1.54) is 0 Å². The van der Waals surface area contributed by atoms with Gasteiger partial charge in [-0.05, 0) is 43.7 Å². The highest BCUT2D eigenvalue weighted by atomic mass is 16.5. The summed E-state index contributed by atoms with van der Waals surface area (Å²) in [5, 5.41) is 3.32. The molecule has 0 aliphatic carbocycles. The topological polar surface area (TPSA) is 47.0 Å². The molecule has 106 valence electrons. The molecule has 0 saturated carbocycles. The number of aryl methyl sites for hydroxylation is 1. The minimum Gasteiger partial charge on any atom is -0.487 e. The Morgan fingerprint density at radius 1 is 1.20 bits per heavy atom. The lowest BCUT2D eigenvalue weighted by molar-refractivity contribution is 0.304. The predicted molar refractivity (Wildman–Crippen MR) is 79.5 cm³/mol. The second kappa shape index (κ2) is 7.60. The zero-order valence-electron chi connectivity index (χ0n) is 12.1. The molecule has 20 heavy (non-hydrogen) atoms. The average Bonchev–Trinajstić information content (AvgIpc) is 2.47. The number of ether oxygens (including phenoxy) is 1. The molecule has 2 aromatic heterocycles. The maximum atomic E-state index is 5.70. The fourth-order valence-electron chi connectivity index (χ4n) is 1.86. The average molecular weight is 271 g/mol. The van der Waals surface area contributed by atoms with Crippen molar-refractivity contribution >= 4 is 0 Å². The molecule has 2 rings (SSSR count). The molecule has 0 spiro atoms. The van der Waals surface area contributed by atoms with Crippen LogP contribution in [0.1, 0.15) is 30.2 Å². The predicted octanol–water partition coefficient (Wildman–Crippen LogP) is 2.86. The molecule has 0 amide bonds. The van der Waals surface area contributed by atoms with Gasteiger partial charge >= 0.3 is 0 Å². The molecule has 0 aliphatic heterocycles. The lowest BCUT2D eigenvalue weighted by atomic mass is 10.2. The number of rotatable bonds is 7. The molecule has 4 nitrogen and oxygen atoms in total. The Kier molecular flexibility index (Phi) is 5.50. The van der Waals surface area contributed by atoms with Crippen LogP contribution in [0.4, 0.5) is 0 Å². The lowest BCUT2D eigenvalue weighted by Crippen LogP contribution is -2.14. The normalized spacial score (nSPS) is 10.5. The lowest BCUT2D eigenvalue weighted by Gasteiger charge is -2.07. The van der Waals surface area contributed by atoms with Gasteiger partial charge in [0.15, 0.2) is 0 Å². The van der Waals surface area contributed by atoms with Crippen molar-refractivity contribution in [3.05, 3.63) is 53.6 Å². The first-order valence-corrected chi connectivity index (χ1v) is 6.97. The number of nitrogens with zero attached hydrogens (tertiary/aromatic N) is 2. The van der Waals surface area contributed by atoms with Crippen molar-refractivity contribution in [3.63, 3.8) is 0 Å². The molecule has 0 atom stereocenters. The van der Waals surface area contributed by atoms with Crippen molar-refractivity contribution in [1.29, 1.82) is 0 Å². The first-order valence-electron chi connectivity index (χ1n) is 6.97. The SMILES string of the molecule is CCCNCc1ccc(OCc2cncc(C)c2)cn1. The molecule has 2 heterocycles. The van der Waals surface area contributed by atoms with Gasteiger partial charge in [-0.3, -0.25) is 9.97 Å². The molecular formula is C16H21N3O. The van der Waals surface area contributed by atoms with Crippen molar-refractivity contribution < 1.29 is 4.74 Å². The van der Waals surface area contributed by atoms with Crippen LogP contribution < -0.4 is 10.1 Å². The van der Waals surface area contributed by atoms with Gasteiger partial charge in [0.25, 0.3) is 0 Å². The molecular weight excluding hydrogens is 250 g/mol. The van der Waals surface area contributed by atoms with Gasteiger partial charge in [0.2, 0.25) is 0 Å². The Labute approximate surface area is 120 Å². The van der Waals surface area contributed by atoms with E-state index in [1.807, 2.05) is 31.5 Å². The van der Waals surface area contributed by atoms with E-state index in [-0.39, 0.29) is 0 Å². The van der Waals surface area contributed by atoms with Gasteiger partial charge in [-0.1, -0.05) is 6.92 Å². The molecule has 0 radical (unpaired) electrons. The summed E-state index contributed by atoms with van der Waals surface area (Å²) in [6, 6.07) is 6.02. The Morgan fingerprint density at radius 3 is 2.80 bits per heavy atom. The van der Waals surface area contributed by atoms with Crippen molar-refractivity contribution in [2.24, 2.45) is 0 Å². The summed E-state index contributed by atoms with van der Waals surface area (Å²) in [6.45, 7) is 6.51. The molecule has 0 aromatic carbocycles. The minimum atomic E-state index is 0.518. The zero-order chi connectivity index (χ0) is 14.2. The summed E-state index contributed by atoms with van der Waals surface area (Å²) in [5.74, 6) is 0.783. The monoisotopic (exact) mass is 271 g/mol. The van der Waals surface area contributed by atoms with E-state index in [0.717, 1.165) is 42.1 Å². The van der Waals surface area contributed by atoms with Crippen LogP contribution in [-0.2, 0) is 13.2 Å². The van der Waals surface area contributed by atoms with E-state index >= 15 is 0 Å². The van der Waals surface area contributed by atoms with E-state index in [9.17, 15) is 0 Å². The molecule has 2 aromatic rings. The minimum absolute atomic E-state index is 0.518. The standard InChI is InChI=1S/C16H21N3O/c1-3-6-17-10-15-4-5-16(11-19-15)20-12-14-7-13(2)8-18-9-14/h4-5,7-9,11,17H,3,6,10,12H2,1-2H3. The van der Waals surface area contributed by atoms with Crippen molar-refractivity contribution in [1.82, 2.24) is 15.3 Å². The molecule has 0 unspecified atom stereocenters. The van der Waals surface area contributed by atoms with E-state index < -0.39 is 0 Å². The highest BCUT2D eigenvalue weighted by molar-refractivity contribution is 5.21. The van der Waals surface area contributed by atoms with Crippen LogP contribution in [0, 0.1) is 6.92 Å². The van der Waals surface area contributed by atoms with E-state index in [1.54, 1.807) is 6.20 Å². The first-order chi connectivity index (χ1) is 9.78. The van der Waals surface area contributed by atoms with Gasteiger partial charge in [0.1, 0.15) is 12.4 Å². The van der Waals surface area contributed by atoms with Gasteiger partial charge < -0.3 is 10.1 Å². The maximum absolute atomic E-state index is 5.70. The second-order valence-corrected chi connectivity index (χ2v) is 4.82. The van der Waals surface area contributed by atoms with Crippen molar-refractivity contribution in [2.75, 3.05) is 6.54 Å². The highest BCUT2D eigenvalue weighted by Crippen LogP contribution is 2.12. The summed E-state index contributed by atoms with van der Waals surface area (Å²) in [5.41, 5.74) is 3.24. The number of nitrogens with one attached hydrogen (secondary N) is 1. The van der Waals surface area contributed by atoms with Crippen molar-refractivity contribution in [3.8, 4) is 5.75 Å². The molecule has 4 heteroatoms. The van der Waals surface area contributed by atoms with Gasteiger partial charge in [0.05, 0.1) is 11.9 Å². The molecule has 0 fully saturated rings. The van der Waals surface area contributed by atoms with Crippen LogP contribution in [0.25, 0.3) is 0 Å². The summed E-state index contributed by atoms with van der Waals surface area (Å²) in [6.07, 6.45) is 6.56. The van der Waals surface area contributed by atoms with Crippen LogP contribution in [0.5, 0.6) is 5.75 Å². The Morgan fingerprint density at radius 2 is 2.10 bits per heavy atom. The second-order valence-electron chi connectivity index (χ2n) is 4.82. The van der Waals surface area contributed by atoms with E-state index in [4.69, 9.17) is 4.74 Å². The van der Waals surface area contributed by atoms with Crippen LogP contribution >= 0.6 is 0 Å². The number of pyridine rings is 2. The van der Waals surface area contributed by atoms with Crippen LogP contribution in [0.3, 0.4) is 0 Å². The van der Waals surface area contributed by atoms with Gasteiger partial charge in [-0.25, -0.2) is 0 Å². The largest absolute Gasteiger partial charge is 0.487 e. The summed E-state index contributed by atoms with van der Waals surface area (Å²) in [4.78, 5) is 8.53. The van der Waals surface area contributed by atoms with Crippen molar-refractivity contribution in [2.45, 2.75) is 33.4 Å². The van der Waals surface area contributed by atoms with Crippen LogP contribution in [-0.4, -0.2) is 16.5 Å². The quantitative estimate of drug-likeness (QED) is 0.787. The van der Waals surface area contributed by atoms with Crippen LogP contribution in [0.15, 0.2) is 36.8 Å².